The van der Waals surface area contributed by atoms with Crippen molar-refractivity contribution < 1.29 is 4.79 Å². The van der Waals surface area contributed by atoms with Crippen LogP contribution < -0.4 is 16.6 Å². The van der Waals surface area contributed by atoms with Gasteiger partial charge in [-0.1, -0.05) is 29.3 Å². The minimum Gasteiger partial charge on any atom is -0.382 e. The van der Waals surface area contributed by atoms with Crippen LogP contribution in [0.2, 0.25) is 5.02 Å². The van der Waals surface area contributed by atoms with Crippen molar-refractivity contribution in [3.8, 4) is 0 Å². The number of amides is 1. The Balaban J connectivity index is 2.22. The first kappa shape index (κ1) is 16.0. The molecule has 1 aromatic heterocycles. The molecular weight excluding hydrogens is 304 g/mol. The van der Waals surface area contributed by atoms with E-state index in [0.29, 0.717) is 0 Å². The van der Waals surface area contributed by atoms with E-state index in [1.165, 1.54) is 6.33 Å². The molecule has 1 heterocycles. The maximum atomic E-state index is 12.1. The highest BCUT2D eigenvalue weighted by atomic mass is 35.5. The molecule has 0 spiro atoms. The molecule has 0 saturated heterocycles. The number of nitrogen functional groups attached to an aromatic ring is 1. The minimum atomic E-state index is -0.540. The van der Waals surface area contributed by atoms with E-state index in [0.717, 1.165) is 26.9 Å². The molecule has 0 fully saturated rings. The van der Waals surface area contributed by atoms with Gasteiger partial charge in [-0.15, -0.1) is 0 Å². The van der Waals surface area contributed by atoms with Crippen LogP contribution in [0.15, 0.2) is 23.3 Å². The lowest BCUT2D eigenvalue weighted by Gasteiger charge is -2.13. The van der Waals surface area contributed by atoms with E-state index in [9.17, 15) is 9.59 Å². The zero-order valence-corrected chi connectivity index (χ0v) is 13.4. The standard InChI is InChI=1S/C15H17ClN4O2/c1-8-4-9(2)13(10(3)5-8)19-11(21)6-20-7-18-14(17)12(16)15(20)22/h4-5,7H,6,17H2,1-3H3,(H,19,21). The van der Waals surface area contributed by atoms with Crippen LogP contribution in [0, 0.1) is 20.8 Å². The van der Waals surface area contributed by atoms with Crippen LogP contribution in [-0.2, 0) is 11.3 Å². The van der Waals surface area contributed by atoms with E-state index in [-0.39, 0.29) is 23.3 Å². The number of nitrogens with two attached hydrogens (primary N) is 1. The number of rotatable bonds is 3. The molecule has 0 unspecified atom stereocenters. The average molecular weight is 321 g/mol. The van der Waals surface area contributed by atoms with Gasteiger partial charge in [0.1, 0.15) is 23.7 Å². The van der Waals surface area contributed by atoms with E-state index >= 15 is 0 Å². The zero-order valence-electron chi connectivity index (χ0n) is 12.6. The normalized spacial score (nSPS) is 10.5. The second-order valence-electron chi connectivity index (χ2n) is 5.20. The van der Waals surface area contributed by atoms with Crippen molar-refractivity contribution in [2.24, 2.45) is 0 Å². The summed E-state index contributed by atoms with van der Waals surface area (Å²) < 4.78 is 1.12. The summed E-state index contributed by atoms with van der Waals surface area (Å²) in [7, 11) is 0. The van der Waals surface area contributed by atoms with Crippen LogP contribution in [-0.4, -0.2) is 15.5 Å². The Labute approximate surface area is 132 Å². The Morgan fingerprint density at radius 1 is 1.32 bits per heavy atom. The SMILES string of the molecule is Cc1cc(C)c(NC(=O)Cn2cnc(N)c(Cl)c2=O)c(C)c1. The number of aryl methyl sites for hydroxylation is 3. The van der Waals surface area contributed by atoms with Crippen molar-refractivity contribution >= 4 is 29.0 Å². The summed E-state index contributed by atoms with van der Waals surface area (Å²) in [4.78, 5) is 27.8. The van der Waals surface area contributed by atoms with E-state index in [4.69, 9.17) is 17.3 Å². The van der Waals surface area contributed by atoms with Crippen molar-refractivity contribution in [3.05, 3.63) is 50.5 Å². The molecule has 1 aromatic carbocycles. The summed E-state index contributed by atoms with van der Waals surface area (Å²) in [6.07, 6.45) is 1.21. The first-order valence-corrected chi connectivity index (χ1v) is 7.05. The van der Waals surface area contributed by atoms with Gasteiger partial charge in [0.2, 0.25) is 5.91 Å². The third kappa shape index (κ3) is 3.28. The van der Waals surface area contributed by atoms with Gasteiger partial charge in [0.05, 0.1) is 0 Å². The van der Waals surface area contributed by atoms with Gasteiger partial charge in [-0.2, -0.15) is 0 Å². The Bertz CT molecular complexity index is 776. The molecule has 22 heavy (non-hydrogen) atoms. The van der Waals surface area contributed by atoms with Gasteiger partial charge in [0.15, 0.2) is 0 Å². The summed E-state index contributed by atoms with van der Waals surface area (Å²) in [6, 6.07) is 3.97. The second kappa shape index (κ2) is 6.19. The van der Waals surface area contributed by atoms with Crippen molar-refractivity contribution in [1.29, 1.82) is 0 Å². The van der Waals surface area contributed by atoms with Crippen LogP contribution in [0.1, 0.15) is 16.7 Å². The van der Waals surface area contributed by atoms with Gasteiger partial charge >= 0.3 is 0 Å². The monoisotopic (exact) mass is 320 g/mol. The fraction of sp³-hybridized carbons (Fsp3) is 0.267. The van der Waals surface area contributed by atoms with E-state index in [1.807, 2.05) is 32.9 Å². The van der Waals surface area contributed by atoms with Crippen LogP contribution >= 0.6 is 11.6 Å². The van der Waals surface area contributed by atoms with Gasteiger partial charge in [0.25, 0.3) is 5.56 Å². The molecule has 0 saturated carbocycles. The Morgan fingerprint density at radius 3 is 2.50 bits per heavy atom. The Morgan fingerprint density at radius 2 is 1.91 bits per heavy atom. The summed E-state index contributed by atoms with van der Waals surface area (Å²) in [6.45, 7) is 5.65. The molecule has 3 N–H and O–H groups in total. The molecule has 0 aliphatic carbocycles. The van der Waals surface area contributed by atoms with Crippen LogP contribution in [0.3, 0.4) is 0 Å². The predicted molar refractivity (Wildman–Crippen MR) is 87.2 cm³/mol. The molecule has 2 rings (SSSR count). The average Bonchev–Trinajstić information content (AvgIpc) is 2.43. The first-order valence-electron chi connectivity index (χ1n) is 6.67. The van der Waals surface area contributed by atoms with E-state index in [2.05, 4.69) is 10.3 Å². The number of carbonyl (C=O) groups is 1. The number of nitrogens with zero attached hydrogens (tertiary/aromatic N) is 2. The van der Waals surface area contributed by atoms with Gasteiger partial charge in [-0.3, -0.25) is 14.2 Å². The number of anilines is 2. The number of halogens is 1. The van der Waals surface area contributed by atoms with Crippen molar-refractivity contribution in [3.63, 3.8) is 0 Å². The van der Waals surface area contributed by atoms with Crippen molar-refractivity contribution in [1.82, 2.24) is 9.55 Å². The number of carbonyl (C=O) groups excluding carboxylic acids is 1. The number of hydrogen-bond donors (Lipinski definition) is 2. The molecule has 0 atom stereocenters. The number of nitrogens with one attached hydrogen (secondary N) is 1. The van der Waals surface area contributed by atoms with Crippen molar-refractivity contribution in [2.45, 2.75) is 27.3 Å². The maximum Gasteiger partial charge on any atom is 0.274 e. The van der Waals surface area contributed by atoms with Crippen LogP contribution in [0.25, 0.3) is 0 Å². The number of hydrogen-bond acceptors (Lipinski definition) is 4. The molecule has 0 radical (unpaired) electrons. The fourth-order valence-electron chi connectivity index (χ4n) is 2.30. The Kier molecular flexibility index (Phi) is 4.51. The summed E-state index contributed by atoms with van der Waals surface area (Å²) in [5, 5.41) is 2.63. The molecule has 6 nitrogen and oxygen atoms in total. The zero-order chi connectivity index (χ0) is 16.4. The van der Waals surface area contributed by atoms with Crippen LogP contribution in [0.5, 0.6) is 0 Å². The lowest BCUT2D eigenvalue weighted by molar-refractivity contribution is -0.116. The topological polar surface area (TPSA) is 90.0 Å². The lowest BCUT2D eigenvalue weighted by atomic mass is 10.1. The smallest absolute Gasteiger partial charge is 0.274 e. The van der Waals surface area contributed by atoms with E-state index in [1.54, 1.807) is 0 Å². The molecular formula is C15H17ClN4O2. The summed E-state index contributed by atoms with van der Waals surface area (Å²) in [5.41, 5.74) is 8.70. The molecule has 7 heteroatoms. The van der Waals surface area contributed by atoms with Gasteiger partial charge < -0.3 is 11.1 Å². The second-order valence-corrected chi connectivity index (χ2v) is 5.58. The number of benzene rings is 1. The highest BCUT2D eigenvalue weighted by molar-refractivity contribution is 6.32. The summed E-state index contributed by atoms with van der Waals surface area (Å²) in [5.74, 6) is -0.381. The maximum absolute atomic E-state index is 12.1. The minimum absolute atomic E-state index is 0.0476. The largest absolute Gasteiger partial charge is 0.382 e. The molecule has 0 aliphatic rings. The highest BCUT2D eigenvalue weighted by Crippen LogP contribution is 2.21. The summed E-state index contributed by atoms with van der Waals surface area (Å²) >= 11 is 5.74. The van der Waals surface area contributed by atoms with Gasteiger partial charge in [-0.25, -0.2) is 4.98 Å². The van der Waals surface area contributed by atoms with Crippen LogP contribution in [0.4, 0.5) is 11.5 Å². The fourth-order valence-corrected chi connectivity index (χ4v) is 2.46. The van der Waals surface area contributed by atoms with E-state index < -0.39 is 5.56 Å². The van der Waals surface area contributed by atoms with Crippen molar-refractivity contribution in [2.75, 3.05) is 11.1 Å². The molecule has 0 bridgehead atoms. The first-order chi connectivity index (χ1) is 10.3. The third-order valence-electron chi connectivity index (χ3n) is 3.27. The van der Waals surface area contributed by atoms with Gasteiger partial charge in [0, 0.05) is 5.69 Å². The molecule has 116 valence electrons. The lowest BCUT2D eigenvalue weighted by Crippen LogP contribution is -2.29. The third-order valence-corrected chi connectivity index (χ3v) is 3.62. The highest BCUT2D eigenvalue weighted by Gasteiger charge is 2.12. The molecule has 0 aliphatic heterocycles. The van der Waals surface area contributed by atoms with Gasteiger partial charge in [-0.05, 0) is 31.9 Å². The predicted octanol–water partition coefficient (Wildman–Crippen LogP) is 2.04. The Hall–Kier alpha value is -2.34. The molecule has 2 aromatic rings. The quantitative estimate of drug-likeness (QED) is 0.905. The molecule has 1 amide bonds. The number of aromatic nitrogens is 2.